The van der Waals surface area contributed by atoms with Crippen molar-refractivity contribution in [1.29, 1.82) is 0 Å². The minimum absolute atomic E-state index is 0.214. The molecule has 1 aromatic carbocycles. The average Bonchev–Trinajstić information content (AvgIpc) is 2.25. The van der Waals surface area contributed by atoms with Crippen molar-refractivity contribution < 1.29 is 33.5 Å². The van der Waals surface area contributed by atoms with Crippen LogP contribution in [0.1, 0.15) is 5.56 Å². The summed E-state index contributed by atoms with van der Waals surface area (Å²) in [7, 11) is -4.28. The Labute approximate surface area is 101 Å². The molecule has 0 radical (unpaired) electrons. The smallest absolute Gasteiger partial charge is 0.301 e. The number of rotatable bonds is 5. The van der Waals surface area contributed by atoms with Crippen molar-refractivity contribution >= 4 is 25.5 Å². The largest absolute Gasteiger partial charge is 0.546 e. The van der Waals surface area contributed by atoms with E-state index < -0.39 is 14.5 Å². The van der Waals surface area contributed by atoms with Crippen LogP contribution in [0.25, 0.3) is 0 Å². The molecule has 0 unspecified atom stereocenters. The van der Waals surface area contributed by atoms with Gasteiger partial charge in [-0.1, -0.05) is 30.3 Å². The van der Waals surface area contributed by atoms with E-state index in [1.54, 1.807) is 24.3 Å². The lowest BCUT2D eigenvalue weighted by Crippen LogP contribution is -1.93. The Morgan fingerprint density at radius 2 is 1.65 bits per heavy atom. The fourth-order valence-corrected chi connectivity index (χ4v) is 3.41. The molecule has 0 fully saturated rings. The predicted molar refractivity (Wildman–Crippen MR) is 63.1 cm³/mol. The summed E-state index contributed by atoms with van der Waals surface area (Å²) in [5, 5.41) is 0. The van der Waals surface area contributed by atoms with E-state index in [9.17, 15) is 14.4 Å². The highest BCUT2D eigenvalue weighted by Gasteiger charge is 2.31. The highest BCUT2D eigenvalue weighted by Crippen LogP contribution is 2.47. The Kier molecular flexibility index (Phi) is 5.40. The molecule has 1 rings (SSSR count). The Balaban J connectivity index is 2.61. The van der Waals surface area contributed by atoms with Crippen LogP contribution < -0.4 is 0 Å². The third-order valence-electron chi connectivity index (χ3n) is 1.47. The van der Waals surface area contributed by atoms with Crippen LogP contribution in [0.5, 0.6) is 0 Å². The average molecular weight is 301 g/mol. The monoisotopic (exact) mass is 301 g/mol. The summed E-state index contributed by atoms with van der Waals surface area (Å²) < 4.78 is 17.8. The quantitative estimate of drug-likeness (QED) is 0.277. The molecule has 0 saturated heterocycles. The van der Waals surface area contributed by atoms with Gasteiger partial charge >= 0.3 is 14.5 Å². The lowest BCUT2D eigenvalue weighted by atomic mass is 10.2. The summed E-state index contributed by atoms with van der Waals surface area (Å²) in [6.45, 7) is -4.00. The Morgan fingerprint density at radius 3 is 2.18 bits per heavy atom. The molecule has 10 heteroatoms. The van der Waals surface area contributed by atoms with E-state index in [0.29, 0.717) is 10.9 Å². The highest BCUT2D eigenvalue weighted by atomic mass is 32.5. The molecule has 0 saturated carbocycles. The van der Waals surface area contributed by atoms with Gasteiger partial charge < -0.3 is 9.79 Å². The van der Waals surface area contributed by atoms with Crippen molar-refractivity contribution in [1.82, 2.24) is 0 Å². The van der Waals surface area contributed by atoms with Gasteiger partial charge in [-0.05, 0) is 0 Å². The maximum atomic E-state index is 10.3. The van der Waals surface area contributed by atoms with Crippen LogP contribution in [-0.4, -0.2) is 19.6 Å². The van der Waals surface area contributed by atoms with E-state index >= 15 is 0 Å². The molecule has 0 heterocycles. The zero-order valence-electron chi connectivity index (χ0n) is 8.41. The van der Waals surface area contributed by atoms with Gasteiger partial charge in [-0.15, -0.1) is 9.35 Å². The van der Waals surface area contributed by atoms with E-state index in [1.165, 1.54) is 0 Å². The summed E-state index contributed by atoms with van der Waals surface area (Å²) >= 11 is 0. The second-order valence-corrected chi connectivity index (χ2v) is 7.90. The zero-order valence-corrected chi connectivity index (χ0v) is 11.0. The number of hydrogen-bond acceptors (Lipinski definition) is 3. The van der Waals surface area contributed by atoms with E-state index in [4.69, 9.17) is 9.79 Å². The first kappa shape index (κ1) is 14.9. The van der Waals surface area contributed by atoms with Crippen molar-refractivity contribution in [3.63, 3.8) is 0 Å². The molecule has 0 aromatic heterocycles. The minimum atomic E-state index is -4.89. The first-order valence-electron chi connectivity index (χ1n) is 4.25. The van der Waals surface area contributed by atoms with Crippen molar-refractivity contribution in [2.45, 2.75) is 5.75 Å². The van der Waals surface area contributed by atoms with Crippen LogP contribution in [0, 0.1) is 0 Å². The molecule has 96 valence electrons. The van der Waals surface area contributed by atoms with Gasteiger partial charge in [-0.25, -0.2) is 4.57 Å². The number of hydrogen-bond donors (Lipinski definition) is 4. The molecule has 7 nitrogen and oxygen atoms in total. The predicted octanol–water partition coefficient (Wildman–Crippen LogP) is 0.972. The first-order valence-corrected chi connectivity index (χ1v) is 8.98. The summed E-state index contributed by atoms with van der Waals surface area (Å²) in [4.78, 5) is 35.2. The van der Waals surface area contributed by atoms with Crippen LogP contribution >= 0.6 is 14.5 Å². The van der Waals surface area contributed by atoms with Gasteiger partial charge in [0.15, 0.2) is 0 Å². The van der Waals surface area contributed by atoms with E-state index in [2.05, 4.69) is 9.35 Å². The summed E-state index contributed by atoms with van der Waals surface area (Å²) in [5.74, 6) is 0.214. The maximum Gasteiger partial charge on any atom is 0.546 e. The Bertz CT molecular complexity index is 451. The molecular formula is C7H11O7P2S+. The Hall–Kier alpha value is -0.140. The van der Waals surface area contributed by atoms with Crippen molar-refractivity contribution in [2.75, 3.05) is 0 Å². The zero-order chi connectivity index (χ0) is 12.9. The lowest BCUT2D eigenvalue weighted by Gasteiger charge is -2.03. The van der Waals surface area contributed by atoms with Gasteiger partial charge in [0.2, 0.25) is 16.7 Å². The fourth-order valence-electron chi connectivity index (χ4n) is 0.841. The van der Waals surface area contributed by atoms with Gasteiger partial charge in [-0.3, -0.25) is 9.79 Å². The topological polar surface area (TPSA) is 116 Å². The standard InChI is InChI=1S/C7H10O7P2S/c8-15(9,10)13-14-16(11,12)17-6-7-4-2-1-3-5-7/h1-5H,6H2,(H3-,8,9,10,11,12)/p+1. The van der Waals surface area contributed by atoms with Crippen LogP contribution in [0.15, 0.2) is 30.3 Å². The molecule has 0 aliphatic carbocycles. The third-order valence-corrected chi connectivity index (χ3v) is 4.50. The van der Waals surface area contributed by atoms with Crippen LogP contribution in [0.4, 0.5) is 0 Å². The summed E-state index contributed by atoms with van der Waals surface area (Å²) in [6.07, 6.45) is 0. The summed E-state index contributed by atoms with van der Waals surface area (Å²) in [6, 6.07) is 8.88. The molecule has 1 aromatic rings. The van der Waals surface area contributed by atoms with Gasteiger partial charge in [0, 0.05) is 5.56 Å². The van der Waals surface area contributed by atoms with Gasteiger partial charge in [0.05, 0.1) is 0 Å². The normalized spacial score (nSPS) is 12.5. The third kappa shape index (κ3) is 7.00. The van der Waals surface area contributed by atoms with Crippen LogP contribution in [-0.2, 0) is 30.6 Å². The van der Waals surface area contributed by atoms with Crippen molar-refractivity contribution in [3.8, 4) is 0 Å². The van der Waals surface area contributed by atoms with Crippen molar-refractivity contribution in [2.24, 2.45) is 0 Å². The molecule has 0 aliphatic heterocycles. The molecule has 0 aliphatic rings. The van der Waals surface area contributed by atoms with Gasteiger partial charge in [-0.2, -0.15) is 0 Å². The minimum Gasteiger partial charge on any atom is -0.301 e. The second-order valence-electron chi connectivity index (χ2n) is 2.89. The molecule has 0 amide bonds. The highest BCUT2D eigenvalue weighted by molar-refractivity contribution is 8.16. The molecular weight excluding hydrogens is 290 g/mol. The first-order chi connectivity index (χ1) is 7.79. The molecule has 4 N–H and O–H groups in total. The van der Waals surface area contributed by atoms with E-state index in [1.807, 2.05) is 6.07 Å². The molecule has 0 atom stereocenters. The number of phosphoric acid groups is 1. The lowest BCUT2D eigenvalue weighted by molar-refractivity contribution is -0.132. The maximum absolute atomic E-state index is 10.3. The second kappa shape index (κ2) is 6.15. The summed E-state index contributed by atoms with van der Waals surface area (Å²) in [5.41, 5.74) is 0.810. The van der Waals surface area contributed by atoms with Crippen LogP contribution in [0.3, 0.4) is 0 Å². The number of benzene rings is 1. The van der Waals surface area contributed by atoms with E-state index in [0.717, 1.165) is 5.56 Å². The molecule has 17 heavy (non-hydrogen) atoms. The Morgan fingerprint density at radius 1 is 1.06 bits per heavy atom. The van der Waals surface area contributed by atoms with Gasteiger partial charge in [0.1, 0.15) is 0 Å². The van der Waals surface area contributed by atoms with Crippen LogP contribution in [0.2, 0.25) is 0 Å². The fraction of sp³-hybridized carbons (Fsp3) is 0.143. The molecule has 0 spiro atoms. The van der Waals surface area contributed by atoms with Gasteiger partial charge in [0.25, 0.3) is 0 Å². The van der Waals surface area contributed by atoms with E-state index in [-0.39, 0.29) is 5.75 Å². The van der Waals surface area contributed by atoms with Crippen molar-refractivity contribution in [3.05, 3.63) is 35.9 Å². The SMILES string of the molecule is O=P(O)(O)OOP(O)(O)=[S+]Cc1ccccc1. The molecule has 0 bridgehead atoms.